The average molecular weight is 476 g/mol. The Hall–Kier alpha value is -2.81. The SMILES string of the molecule is CC(C)CC(NC(=O)OCc1ccccc1)C(=O)NCCC1C2OC2CN1C(=O)OC(C)(C)C. The van der Waals surface area contributed by atoms with E-state index in [-0.39, 0.29) is 42.8 Å². The molecular formula is C25H37N3O6. The van der Waals surface area contributed by atoms with Gasteiger partial charge in [0.1, 0.15) is 30.5 Å². The van der Waals surface area contributed by atoms with E-state index in [0.717, 1.165) is 5.56 Å². The van der Waals surface area contributed by atoms with Crippen molar-refractivity contribution in [2.45, 2.75) is 84.0 Å². The van der Waals surface area contributed by atoms with Crippen LogP contribution < -0.4 is 10.6 Å². The first-order valence-corrected chi connectivity index (χ1v) is 11.9. The molecule has 0 aromatic heterocycles. The fraction of sp³-hybridized carbons (Fsp3) is 0.640. The van der Waals surface area contributed by atoms with Gasteiger partial charge in [-0.2, -0.15) is 0 Å². The lowest BCUT2D eigenvalue weighted by Crippen LogP contribution is -2.49. The molecule has 34 heavy (non-hydrogen) atoms. The molecule has 0 spiro atoms. The van der Waals surface area contributed by atoms with Crippen molar-refractivity contribution in [1.82, 2.24) is 15.5 Å². The molecule has 0 bridgehead atoms. The lowest BCUT2D eigenvalue weighted by Gasteiger charge is -2.30. The highest BCUT2D eigenvalue weighted by Gasteiger charge is 2.56. The summed E-state index contributed by atoms with van der Waals surface area (Å²) in [6, 6.07) is 8.50. The second kappa shape index (κ2) is 11.1. The topological polar surface area (TPSA) is 109 Å². The summed E-state index contributed by atoms with van der Waals surface area (Å²) in [5.74, 6) is -0.0799. The van der Waals surface area contributed by atoms with E-state index in [2.05, 4.69) is 10.6 Å². The summed E-state index contributed by atoms with van der Waals surface area (Å²) in [7, 11) is 0. The molecule has 2 aliphatic heterocycles. The highest BCUT2D eigenvalue weighted by molar-refractivity contribution is 5.85. The molecule has 1 aromatic rings. The highest BCUT2D eigenvalue weighted by atomic mass is 16.6. The molecule has 3 amide bonds. The lowest BCUT2D eigenvalue weighted by molar-refractivity contribution is -0.123. The Bertz CT molecular complexity index is 854. The van der Waals surface area contributed by atoms with E-state index in [1.54, 1.807) is 4.90 Å². The van der Waals surface area contributed by atoms with Crippen LogP contribution in [-0.2, 0) is 25.6 Å². The van der Waals surface area contributed by atoms with Crippen molar-refractivity contribution in [2.75, 3.05) is 13.1 Å². The number of nitrogens with one attached hydrogen (secondary N) is 2. The number of epoxide rings is 1. The maximum absolute atomic E-state index is 12.8. The number of ether oxygens (including phenoxy) is 3. The summed E-state index contributed by atoms with van der Waals surface area (Å²) in [6.07, 6.45) is 0.0582. The summed E-state index contributed by atoms with van der Waals surface area (Å²) in [5.41, 5.74) is 0.295. The maximum atomic E-state index is 12.8. The first-order chi connectivity index (χ1) is 16.0. The zero-order chi connectivity index (χ0) is 24.9. The summed E-state index contributed by atoms with van der Waals surface area (Å²) in [5, 5.41) is 5.58. The van der Waals surface area contributed by atoms with E-state index in [9.17, 15) is 14.4 Å². The summed E-state index contributed by atoms with van der Waals surface area (Å²) < 4.78 is 16.4. The number of nitrogens with zero attached hydrogens (tertiary/aromatic N) is 1. The molecule has 2 fully saturated rings. The van der Waals surface area contributed by atoms with Crippen LogP contribution in [0.15, 0.2) is 30.3 Å². The second-order valence-electron chi connectivity index (χ2n) is 10.3. The molecule has 2 aliphatic rings. The molecule has 0 radical (unpaired) electrons. The molecule has 9 heteroatoms. The minimum absolute atomic E-state index is 0.0121. The van der Waals surface area contributed by atoms with Gasteiger partial charge in [-0.1, -0.05) is 44.2 Å². The number of likely N-dealkylation sites (tertiary alicyclic amines) is 1. The predicted molar refractivity (Wildman–Crippen MR) is 126 cm³/mol. The predicted octanol–water partition coefficient (Wildman–Crippen LogP) is 3.22. The van der Waals surface area contributed by atoms with Crippen molar-refractivity contribution in [3.63, 3.8) is 0 Å². The molecule has 3 rings (SSSR count). The third-order valence-electron chi connectivity index (χ3n) is 5.67. The van der Waals surface area contributed by atoms with Gasteiger partial charge in [0.15, 0.2) is 0 Å². The Morgan fingerprint density at radius 1 is 1.18 bits per heavy atom. The van der Waals surface area contributed by atoms with E-state index in [1.807, 2.05) is 65.0 Å². The Labute approximate surface area is 201 Å². The number of hydrogen-bond donors (Lipinski definition) is 2. The number of morpholine rings is 1. The number of fused-ring (bicyclic) bond motifs is 1. The van der Waals surface area contributed by atoms with Crippen molar-refractivity contribution in [2.24, 2.45) is 5.92 Å². The van der Waals surface area contributed by atoms with Crippen LogP contribution in [0.2, 0.25) is 0 Å². The summed E-state index contributed by atoms with van der Waals surface area (Å²) in [4.78, 5) is 39.4. The van der Waals surface area contributed by atoms with E-state index < -0.39 is 17.7 Å². The minimum atomic E-state index is -0.710. The van der Waals surface area contributed by atoms with Crippen molar-refractivity contribution >= 4 is 18.1 Å². The van der Waals surface area contributed by atoms with E-state index in [1.165, 1.54) is 0 Å². The number of rotatable bonds is 9. The number of carbonyl (C=O) groups is 3. The van der Waals surface area contributed by atoms with Crippen LogP contribution in [0.3, 0.4) is 0 Å². The van der Waals surface area contributed by atoms with Crippen LogP contribution in [0.1, 0.15) is 53.0 Å². The first kappa shape index (κ1) is 25.8. The second-order valence-corrected chi connectivity index (χ2v) is 10.3. The Kier molecular flexibility index (Phi) is 8.41. The Balaban J connectivity index is 1.48. The fourth-order valence-corrected chi connectivity index (χ4v) is 4.08. The van der Waals surface area contributed by atoms with Crippen LogP contribution in [0.25, 0.3) is 0 Å². The van der Waals surface area contributed by atoms with Crippen LogP contribution >= 0.6 is 0 Å². The first-order valence-electron chi connectivity index (χ1n) is 11.9. The van der Waals surface area contributed by atoms with Gasteiger partial charge >= 0.3 is 12.2 Å². The molecule has 2 heterocycles. The van der Waals surface area contributed by atoms with Gasteiger partial charge in [-0.05, 0) is 45.1 Å². The summed E-state index contributed by atoms with van der Waals surface area (Å²) in [6.45, 7) is 10.5. The number of hydrogen-bond acceptors (Lipinski definition) is 6. The standard InChI is InChI=1S/C25H37N3O6/c1-16(2)13-18(27-23(30)32-15-17-9-7-6-8-10-17)22(29)26-12-11-19-21-20(33-21)14-28(19)24(31)34-25(3,4)5/h6-10,16,18-21H,11-15H2,1-5H3,(H,26,29)(H,27,30). The van der Waals surface area contributed by atoms with Crippen molar-refractivity contribution < 1.29 is 28.6 Å². The molecular weight excluding hydrogens is 438 g/mol. The largest absolute Gasteiger partial charge is 0.445 e. The zero-order valence-electron chi connectivity index (χ0n) is 20.7. The third-order valence-corrected chi connectivity index (χ3v) is 5.67. The fourth-order valence-electron chi connectivity index (χ4n) is 4.08. The molecule has 188 valence electrons. The normalized spacial score (nSPS) is 22.1. The molecule has 2 N–H and O–H groups in total. The number of benzene rings is 1. The monoisotopic (exact) mass is 475 g/mol. The molecule has 9 nitrogen and oxygen atoms in total. The van der Waals surface area contributed by atoms with Gasteiger partial charge in [-0.15, -0.1) is 0 Å². The smallest absolute Gasteiger partial charge is 0.410 e. The molecule has 4 atom stereocenters. The van der Waals surface area contributed by atoms with Gasteiger partial charge in [-0.3, -0.25) is 9.69 Å². The van der Waals surface area contributed by atoms with Crippen molar-refractivity contribution in [1.29, 1.82) is 0 Å². The third kappa shape index (κ3) is 7.62. The van der Waals surface area contributed by atoms with Crippen LogP contribution in [0.5, 0.6) is 0 Å². The van der Waals surface area contributed by atoms with Crippen molar-refractivity contribution in [3.8, 4) is 0 Å². The van der Waals surface area contributed by atoms with Crippen LogP contribution in [-0.4, -0.2) is 66.0 Å². The Morgan fingerprint density at radius 3 is 2.53 bits per heavy atom. The minimum Gasteiger partial charge on any atom is -0.445 e. The average Bonchev–Trinajstić information content (AvgIpc) is 3.43. The zero-order valence-corrected chi connectivity index (χ0v) is 20.7. The maximum Gasteiger partial charge on any atom is 0.410 e. The summed E-state index contributed by atoms with van der Waals surface area (Å²) >= 11 is 0. The van der Waals surface area contributed by atoms with Gasteiger partial charge in [0.05, 0.1) is 12.6 Å². The quantitative estimate of drug-likeness (QED) is 0.531. The van der Waals surface area contributed by atoms with E-state index in [4.69, 9.17) is 14.2 Å². The molecule has 1 aromatic carbocycles. The molecule has 0 aliphatic carbocycles. The van der Waals surface area contributed by atoms with Gasteiger partial charge in [0, 0.05) is 6.54 Å². The van der Waals surface area contributed by atoms with Gasteiger partial charge in [-0.25, -0.2) is 9.59 Å². The molecule has 4 unspecified atom stereocenters. The molecule has 0 saturated carbocycles. The highest BCUT2D eigenvalue weighted by Crippen LogP contribution is 2.38. The van der Waals surface area contributed by atoms with E-state index >= 15 is 0 Å². The van der Waals surface area contributed by atoms with E-state index in [0.29, 0.717) is 25.9 Å². The number of alkyl carbamates (subject to hydrolysis) is 1. The lowest BCUT2D eigenvalue weighted by atomic mass is 10.0. The van der Waals surface area contributed by atoms with Gasteiger partial charge in [0.2, 0.25) is 5.91 Å². The van der Waals surface area contributed by atoms with Gasteiger partial charge < -0.3 is 24.8 Å². The number of carbonyl (C=O) groups excluding carboxylic acids is 3. The number of amides is 3. The molecule has 2 saturated heterocycles. The van der Waals surface area contributed by atoms with Gasteiger partial charge in [0.25, 0.3) is 0 Å². The van der Waals surface area contributed by atoms with Crippen molar-refractivity contribution in [3.05, 3.63) is 35.9 Å². The Morgan fingerprint density at radius 2 is 1.88 bits per heavy atom. The van der Waals surface area contributed by atoms with Crippen LogP contribution in [0.4, 0.5) is 9.59 Å². The van der Waals surface area contributed by atoms with Crippen LogP contribution in [0, 0.1) is 5.92 Å².